The number of benzene rings is 1. The monoisotopic (exact) mass is 246 g/mol. The van der Waals surface area contributed by atoms with Crippen LogP contribution in [0.4, 0.5) is 0 Å². The Bertz CT molecular complexity index is 606. The molecule has 0 aliphatic carbocycles. The molecule has 6 nitrogen and oxygen atoms in total. The normalized spacial score (nSPS) is 12.7. The number of H-pyrrole nitrogens is 1. The smallest absolute Gasteiger partial charge is 0.309 e. The number of aliphatic carboxylic acids is 1. The van der Waals surface area contributed by atoms with E-state index in [0.29, 0.717) is 22.9 Å². The lowest BCUT2D eigenvalue weighted by molar-refractivity contribution is -0.136. The standard InChI is InChI=1S/C12H10N2O4/c15-11(16)4-8-12(14-5-13-8)7-1-2-9-10(3-7)18-6-17-9/h1-3,5H,4,6H2,(H,13,14)(H,15,16). The summed E-state index contributed by atoms with van der Waals surface area (Å²) in [6.07, 6.45) is 1.39. The molecule has 2 aromatic rings. The van der Waals surface area contributed by atoms with Crippen molar-refractivity contribution in [1.29, 1.82) is 0 Å². The molecule has 3 rings (SSSR count). The van der Waals surface area contributed by atoms with E-state index in [1.54, 1.807) is 12.1 Å². The second-order valence-electron chi connectivity index (χ2n) is 3.87. The van der Waals surface area contributed by atoms with Gasteiger partial charge >= 0.3 is 5.97 Å². The third kappa shape index (κ3) is 1.77. The summed E-state index contributed by atoms with van der Waals surface area (Å²) in [5, 5.41) is 8.82. The summed E-state index contributed by atoms with van der Waals surface area (Å²) in [4.78, 5) is 17.7. The molecule has 92 valence electrons. The maximum Gasteiger partial charge on any atom is 0.309 e. The van der Waals surface area contributed by atoms with Crippen molar-refractivity contribution in [2.45, 2.75) is 6.42 Å². The largest absolute Gasteiger partial charge is 0.481 e. The Labute approximate surface area is 102 Å². The molecule has 18 heavy (non-hydrogen) atoms. The van der Waals surface area contributed by atoms with Crippen LogP contribution < -0.4 is 9.47 Å². The first-order chi connectivity index (χ1) is 8.74. The Morgan fingerprint density at radius 2 is 2.22 bits per heavy atom. The van der Waals surface area contributed by atoms with Crippen LogP contribution in [0.25, 0.3) is 11.3 Å². The maximum absolute atomic E-state index is 10.7. The van der Waals surface area contributed by atoms with Crippen molar-refractivity contribution in [2.24, 2.45) is 0 Å². The lowest BCUT2D eigenvalue weighted by Gasteiger charge is -2.02. The highest BCUT2D eigenvalue weighted by atomic mass is 16.7. The molecule has 1 aliphatic rings. The Kier molecular flexibility index (Phi) is 2.40. The first kappa shape index (κ1) is 10.6. The molecule has 0 radical (unpaired) electrons. The number of carboxylic acids is 1. The van der Waals surface area contributed by atoms with Gasteiger partial charge in [0.05, 0.1) is 24.1 Å². The molecule has 0 fully saturated rings. The minimum atomic E-state index is -0.902. The fourth-order valence-corrected chi connectivity index (χ4v) is 1.90. The van der Waals surface area contributed by atoms with Gasteiger partial charge in [0.25, 0.3) is 0 Å². The van der Waals surface area contributed by atoms with Crippen molar-refractivity contribution < 1.29 is 19.4 Å². The number of hydrogen-bond donors (Lipinski definition) is 2. The summed E-state index contributed by atoms with van der Waals surface area (Å²) in [5.74, 6) is 0.437. The summed E-state index contributed by atoms with van der Waals surface area (Å²) in [5.41, 5.74) is 1.99. The average molecular weight is 246 g/mol. The topological polar surface area (TPSA) is 84.4 Å². The highest BCUT2D eigenvalue weighted by Crippen LogP contribution is 2.36. The van der Waals surface area contributed by atoms with E-state index in [1.165, 1.54) is 6.33 Å². The molecule has 2 heterocycles. The number of nitrogens with one attached hydrogen (secondary N) is 1. The van der Waals surface area contributed by atoms with Crippen LogP contribution in [0.15, 0.2) is 24.5 Å². The van der Waals surface area contributed by atoms with Gasteiger partial charge in [0.15, 0.2) is 11.5 Å². The minimum absolute atomic E-state index is 0.0935. The predicted octanol–water partition coefficient (Wildman–Crippen LogP) is 1.43. The van der Waals surface area contributed by atoms with Crippen molar-refractivity contribution in [2.75, 3.05) is 6.79 Å². The second-order valence-corrected chi connectivity index (χ2v) is 3.87. The number of nitrogens with zero attached hydrogens (tertiary/aromatic N) is 1. The van der Waals surface area contributed by atoms with Gasteiger partial charge in [-0.15, -0.1) is 0 Å². The van der Waals surface area contributed by atoms with Crippen LogP contribution in [0, 0.1) is 0 Å². The summed E-state index contributed by atoms with van der Waals surface area (Å²) in [6, 6.07) is 5.41. The molecular weight excluding hydrogens is 236 g/mol. The number of aromatic amines is 1. The van der Waals surface area contributed by atoms with E-state index in [0.717, 1.165) is 5.56 Å². The number of fused-ring (bicyclic) bond motifs is 1. The van der Waals surface area contributed by atoms with Crippen molar-refractivity contribution in [3.63, 3.8) is 0 Å². The van der Waals surface area contributed by atoms with E-state index < -0.39 is 5.97 Å². The molecule has 0 amide bonds. The Balaban J connectivity index is 1.99. The van der Waals surface area contributed by atoms with Crippen LogP contribution in [-0.4, -0.2) is 27.8 Å². The van der Waals surface area contributed by atoms with Crippen LogP contribution in [0.2, 0.25) is 0 Å². The highest BCUT2D eigenvalue weighted by Gasteiger charge is 2.17. The van der Waals surface area contributed by atoms with Crippen LogP contribution in [-0.2, 0) is 11.2 Å². The van der Waals surface area contributed by atoms with Crippen molar-refractivity contribution in [3.05, 3.63) is 30.2 Å². The first-order valence-corrected chi connectivity index (χ1v) is 5.38. The molecule has 0 bridgehead atoms. The molecule has 1 aromatic carbocycles. The quantitative estimate of drug-likeness (QED) is 0.855. The van der Waals surface area contributed by atoms with E-state index >= 15 is 0 Å². The molecule has 0 unspecified atom stereocenters. The van der Waals surface area contributed by atoms with Gasteiger partial charge in [-0.05, 0) is 18.2 Å². The number of ether oxygens (including phenoxy) is 2. The summed E-state index contributed by atoms with van der Waals surface area (Å²) in [6.45, 7) is 0.210. The molecule has 1 aliphatic heterocycles. The molecular formula is C12H10N2O4. The van der Waals surface area contributed by atoms with E-state index in [2.05, 4.69) is 9.97 Å². The van der Waals surface area contributed by atoms with Crippen LogP contribution in [0.1, 0.15) is 5.69 Å². The Morgan fingerprint density at radius 1 is 1.39 bits per heavy atom. The number of carboxylic acid groups (broad SMARTS) is 1. The zero-order valence-corrected chi connectivity index (χ0v) is 9.34. The lowest BCUT2D eigenvalue weighted by Crippen LogP contribution is -2.01. The number of aromatic nitrogens is 2. The first-order valence-electron chi connectivity index (χ1n) is 5.38. The van der Waals surface area contributed by atoms with Crippen LogP contribution in [0.5, 0.6) is 11.5 Å². The van der Waals surface area contributed by atoms with Crippen molar-refractivity contribution >= 4 is 5.97 Å². The number of rotatable bonds is 3. The van der Waals surface area contributed by atoms with Crippen LogP contribution >= 0.6 is 0 Å². The van der Waals surface area contributed by atoms with Crippen LogP contribution in [0.3, 0.4) is 0 Å². The minimum Gasteiger partial charge on any atom is -0.481 e. The molecule has 0 atom stereocenters. The molecule has 0 saturated heterocycles. The predicted molar refractivity (Wildman–Crippen MR) is 61.5 cm³/mol. The molecule has 0 saturated carbocycles. The zero-order chi connectivity index (χ0) is 12.5. The highest BCUT2D eigenvalue weighted by molar-refractivity contribution is 5.74. The van der Waals surface area contributed by atoms with Gasteiger partial charge < -0.3 is 19.6 Å². The third-order valence-corrected chi connectivity index (χ3v) is 2.69. The van der Waals surface area contributed by atoms with Crippen molar-refractivity contribution in [1.82, 2.24) is 9.97 Å². The Hall–Kier alpha value is -2.50. The van der Waals surface area contributed by atoms with E-state index in [9.17, 15) is 4.79 Å². The van der Waals surface area contributed by atoms with Gasteiger partial charge in [0.2, 0.25) is 6.79 Å². The number of imidazole rings is 1. The summed E-state index contributed by atoms with van der Waals surface area (Å²) < 4.78 is 10.5. The maximum atomic E-state index is 10.7. The second kappa shape index (κ2) is 4.06. The molecule has 0 spiro atoms. The Morgan fingerprint density at radius 3 is 3.06 bits per heavy atom. The fraction of sp³-hybridized carbons (Fsp3) is 0.167. The van der Waals surface area contributed by atoms with Gasteiger partial charge in [0.1, 0.15) is 0 Å². The fourth-order valence-electron chi connectivity index (χ4n) is 1.90. The molecule has 6 heteroatoms. The van der Waals surface area contributed by atoms with Gasteiger partial charge in [0, 0.05) is 5.56 Å². The lowest BCUT2D eigenvalue weighted by atomic mass is 10.1. The van der Waals surface area contributed by atoms with Gasteiger partial charge in [-0.3, -0.25) is 4.79 Å². The molecule has 1 aromatic heterocycles. The van der Waals surface area contributed by atoms with E-state index in [4.69, 9.17) is 14.6 Å². The number of hydrogen-bond acceptors (Lipinski definition) is 4. The van der Waals surface area contributed by atoms with E-state index in [1.807, 2.05) is 6.07 Å². The zero-order valence-electron chi connectivity index (χ0n) is 9.34. The SMILES string of the molecule is O=C(O)Cc1[nH]cnc1-c1ccc2c(c1)OCO2. The van der Waals surface area contributed by atoms with Gasteiger partial charge in [-0.25, -0.2) is 4.98 Å². The van der Waals surface area contributed by atoms with Gasteiger partial charge in [-0.2, -0.15) is 0 Å². The molecule has 2 N–H and O–H groups in total. The summed E-state index contributed by atoms with van der Waals surface area (Å²) in [7, 11) is 0. The number of carbonyl (C=O) groups is 1. The van der Waals surface area contributed by atoms with E-state index in [-0.39, 0.29) is 13.2 Å². The summed E-state index contributed by atoms with van der Waals surface area (Å²) >= 11 is 0. The van der Waals surface area contributed by atoms with Crippen molar-refractivity contribution in [3.8, 4) is 22.8 Å². The van der Waals surface area contributed by atoms with Gasteiger partial charge in [-0.1, -0.05) is 0 Å². The third-order valence-electron chi connectivity index (χ3n) is 2.69. The average Bonchev–Trinajstić information content (AvgIpc) is 2.95.